The summed E-state index contributed by atoms with van der Waals surface area (Å²) >= 11 is 6.06. The predicted octanol–water partition coefficient (Wildman–Crippen LogP) is 2.98. The second-order valence-electron chi connectivity index (χ2n) is 6.71. The van der Waals surface area contributed by atoms with Crippen molar-refractivity contribution in [3.63, 3.8) is 0 Å². The first kappa shape index (κ1) is 22.6. The lowest BCUT2D eigenvalue weighted by Crippen LogP contribution is -2.38. The maximum atomic E-state index is 12.7. The van der Waals surface area contributed by atoms with Crippen LogP contribution in [0.15, 0.2) is 23.1 Å². The zero-order valence-corrected chi connectivity index (χ0v) is 17.8. The molecule has 7 nitrogen and oxygen atoms in total. The van der Waals surface area contributed by atoms with Crippen molar-refractivity contribution in [3.05, 3.63) is 28.8 Å². The molecule has 1 saturated carbocycles. The van der Waals surface area contributed by atoms with E-state index in [1.165, 1.54) is 28.9 Å². The van der Waals surface area contributed by atoms with Gasteiger partial charge in [-0.15, -0.1) is 0 Å². The second kappa shape index (κ2) is 10.2. The second-order valence-corrected chi connectivity index (χ2v) is 9.03. The minimum Gasteiger partial charge on any atom is -0.452 e. The molecule has 1 fully saturated rings. The molecule has 1 aromatic rings. The average molecular weight is 431 g/mol. The van der Waals surface area contributed by atoms with Crippen LogP contribution in [0.2, 0.25) is 5.02 Å². The van der Waals surface area contributed by atoms with Crippen LogP contribution in [0.4, 0.5) is 0 Å². The van der Waals surface area contributed by atoms with Crippen molar-refractivity contribution >= 4 is 33.5 Å². The molecule has 0 aromatic heterocycles. The number of nitrogens with one attached hydrogen (secondary N) is 1. The molecular weight excluding hydrogens is 404 g/mol. The van der Waals surface area contributed by atoms with Gasteiger partial charge in [0, 0.05) is 19.1 Å². The number of esters is 1. The van der Waals surface area contributed by atoms with Crippen LogP contribution in [-0.4, -0.2) is 50.3 Å². The van der Waals surface area contributed by atoms with E-state index < -0.39 is 22.6 Å². The van der Waals surface area contributed by atoms with Gasteiger partial charge in [0.2, 0.25) is 10.0 Å². The number of nitrogens with zero attached hydrogens (tertiary/aromatic N) is 1. The van der Waals surface area contributed by atoms with E-state index in [-0.39, 0.29) is 40.5 Å². The van der Waals surface area contributed by atoms with Crippen LogP contribution in [0.25, 0.3) is 0 Å². The van der Waals surface area contributed by atoms with Gasteiger partial charge in [-0.3, -0.25) is 4.79 Å². The molecule has 9 heteroatoms. The van der Waals surface area contributed by atoms with Crippen molar-refractivity contribution in [3.8, 4) is 0 Å². The smallest absolute Gasteiger partial charge is 0.338 e. The SMILES string of the molecule is CCN(CC)S(=O)(=O)c1cc(C(=O)OCC(=O)NC2CCCCC2)ccc1Cl. The minimum atomic E-state index is -3.82. The largest absolute Gasteiger partial charge is 0.452 e. The molecule has 156 valence electrons. The maximum Gasteiger partial charge on any atom is 0.338 e. The third-order valence-corrected chi connectivity index (χ3v) is 7.33. The Hall–Kier alpha value is -1.64. The van der Waals surface area contributed by atoms with E-state index in [2.05, 4.69) is 5.32 Å². The van der Waals surface area contributed by atoms with Gasteiger partial charge in [-0.05, 0) is 31.0 Å². The van der Waals surface area contributed by atoms with Crippen molar-refractivity contribution in [2.75, 3.05) is 19.7 Å². The van der Waals surface area contributed by atoms with Gasteiger partial charge >= 0.3 is 5.97 Å². The van der Waals surface area contributed by atoms with Crippen LogP contribution in [0.1, 0.15) is 56.3 Å². The van der Waals surface area contributed by atoms with Gasteiger partial charge in [-0.2, -0.15) is 4.31 Å². The summed E-state index contributed by atoms with van der Waals surface area (Å²) in [5, 5.41) is 2.89. The highest BCUT2D eigenvalue weighted by atomic mass is 35.5. The number of sulfonamides is 1. The Kier molecular flexibility index (Phi) is 8.27. The molecule has 1 N–H and O–H groups in total. The molecule has 0 atom stereocenters. The number of hydrogen-bond donors (Lipinski definition) is 1. The third-order valence-electron chi connectivity index (χ3n) is 4.79. The number of carbonyl (C=O) groups is 2. The highest BCUT2D eigenvalue weighted by molar-refractivity contribution is 7.89. The van der Waals surface area contributed by atoms with E-state index in [0.29, 0.717) is 0 Å². The van der Waals surface area contributed by atoms with Gasteiger partial charge in [-0.25, -0.2) is 13.2 Å². The van der Waals surface area contributed by atoms with Crippen LogP contribution >= 0.6 is 11.6 Å². The van der Waals surface area contributed by atoms with Crippen LogP contribution in [0.5, 0.6) is 0 Å². The first-order valence-electron chi connectivity index (χ1n) is 9.55. The molecule has 0 radical (unpaired) electrons. The lowest BCUT2D eigenvalue weighted by atomic mass is 9.95. The predicted molar refractivity (Wildman–Crippen MR) is 107 cm³/mol. The lowest BCUT2D eigenvalue weighted by Gasteiger charge is -2.22. The molecular formula is C19H27ClN2O5S. The number of rotatable bonds is 8. The molecule has 1 amide bonds. The van der Waals surface area contributed by atoms with Crippen LogP contribution in [0.3, 0.4) is 0 Å². The molecule has 0 bridgehead atoms. The van der Waals surface area contributed by atoms with Crippen molar-refractivity contribution in [1.82, 2.24) is 9.62 Å². The van der Waals surface area contributed by atoms with Crippen molar-refractivity contribution in [1.29, 1.82) is 0 Å². The number of ether oxygens (including phenoxy) is 1. The average Bonchev–Trinajstić information content (AvgIpc) is 2.68. The van der Waals surface area contributed by atoms with Gasteiger partial charge < -0.3 is 10.1 Å². The van der Waals surface area contributed by atoms with E-state index in [9.17, 15) is 18.0 Å². The summed E-state index contributed by atoms with van der Waals surface area (Å²) < 4.78 is 31.7. The van der Waals surface area contributed by atoms with Gasteiger partial charge in [-0.1, -0.05) is 44.7 Å². The Labute approximate surface area is 171 Å². The molecule has 0 unspecified atom stereocenters. The summed E-state index contributed by atoms with van der Waals surface area (Å²) in [5.41, 5.74) is 0.0283. The Morgan fingerprint density at radius 1 is 1.18 bits per heavy atom. The van der Waals surface area contributed by atoms with Crippen molar-refractivity contribution in [2.24, 2.45) is 0 Å². The summed E-state index contributed by atoms with van der Waals surface area (Å²) in [5.74, 6) is -1.13. The van der Waals surface area contributed by atoms with E-state index in [4.69, 9.17) is 16.3 Å². The fraction of sp³-hybridized carbons (Fsp3) is 0.579. The van der Waals surface area contributed by atoms with E-state index in [0.717, 1.165) is 25.7 Å². The minimum absolute atomic E-state index is 0.0264. The van der Waals surface area contributed by atoms with Gasteiger partial charge in [0.25, 0.3) is 5.91 Å². The molecule has 1 aromatic carbocycles. The summed E-state index contributed by atoms with van der Waals surface area (Å²) in [7, 11) is -3.82. The lowest BCUT2D eigenvalue weighted by molar-refractivity contribution is -0.125. The Balaban J connectivity index is 2.04. The van der Waals surface area contributed by atoms with Crippen molar-refractivity contribution < 1.29 is 22.7 Å². The monoisotopic (exact) mass is 430 g/mol. The van der Waals surface area contributed by atoms with Crippen LogP contribution < -0.4 is 5.32 Å². The Morgan fingerprint density at radius 2 is 1.82 bits per heavy atom. The van der Waals surface area contributed by atoms with Crippen molar-refractivity contribution in [2.45, 2.75) is 56.9 Å². The third kappa shape index (κ3) is 5.68. The zero-order chi connectivity index (χ0) is 20.7. The van der Waals surface area contributed by atoms with E-state index in [1.807, 2.05) is 0 Å². The first-order chi connectivity index (χ1) is 13.3. The molecule has 28 heavy (non-hydrogen) atoms. The number of carbonyl (C=O) groups excluding carboxylic acids is 2. The Morgan fingerprint density at radius 3 is 2.43 bits per heavy atom. The van der Waals surface area contributed by atoms with Gasteiger partial charge in [0.15, 0.2) is 6.61 Å². The maximum absolute atomic E-state index is 12.7. The summed E-state index contributed by atoms with van der Waals surface area (Å²) in [4.78, 5) is 24.1. The van der Waals surface area contributed by atoms with Gasteiger partial charge in [0.05, 0.1) is 10.6 Å². The normalized spacial score (nSPS) is 15.4. The highest BCUT2D eigenvalue weighted by Crippen LogP contribution is 2.26. The fourth-order valence-corrected chi connectivity index (χ4v) is 5.22. The summed E-state index contributed by atoms with van der Waals surface area (Å²) in [6, 6.07) is 4.04. The molecule has 0 aliphatic heterocycles. The quantitative estimate of drug-likeness (QED) is 0.640. The number of halogens is 1. The molecule has 0 spiro atoms. The summed E-state index contributed by atoms with van der Waals surface area (Å²) in [6.45, 7) is 3.60. The standard InChI is InChI=1S/C19H27ClN2O5S/c1-3-22(4-2)28(25,26)17-12-14(10-11-16(17)20)19(24)27-13-18(23)21-15-8-6-5-7-9-15/h10-12,15H,3-9,13H2,1-2H3,(H,21,23). The van der Waals surface area contributed by atoms with E-state index in [1.54, 1.807) is 13.8 Å². The highest BCUT2D eigenvalue weighted by Gasteiger charge is 2.26. The van der Waals surface area contributed by atoms with Crippen LogP contribution in [0, 0.1) is 0 Å². The van der Waals surface area contributed by atoms with E-state index >= 15 is 0 Å². The molecule has 1 aliphatic carbocycles. The summed E-state index contributed by atoms with van der Waals surface area (Å²) in [6.07, 6.45) is 5.21. The number of benzene rings is 1. The topological polar surface area (TPSA) is 92.8 Å². The Bertz CT molecular complexity index is 803. The first-order valence-corrected chi connectivity index (χ1v) is 11.4. The zero-order valence-electron chi connectivity index (χ0n) is 16.2. The molecule has 0 saturated heterocycles. The van der Waals surface area contributed by atoms with Gasteiger partial charge in [0.1, 0.15) is 4.90 Å². The number of amides is 1. The fourth-order valence-electron chi connectivity index (χ4n) is 3.26. The molecule has 0 heterocycles. The van der Waals surface area contributed by atoms with Crippen LogP contribution in [-0.2, 0) is 19.6 Å². The molecule has 1 aliphatic rings. The molecule has 2 rings (SSSR count). The number of hydrogen-bond acceptors (Lipinski definition) is 5.